The Hall–Kier alpha value is -1.55. The van der Waals surface area contributed by atoms with Gasteiger partial charge in [0.25, 0.3) is 0 Å². The highest BCUT2D eigenvalue weighted by molar-refractivity contribution is 5.75. The van der Waals surface area contributed by atoms with Crippen LogP contribution in [0.3, 0.4) is 0 Å². The Labute approximate surface area is 102 Å². The molecule has 0 spiro atoms. The van der Waals surface area contributed by atoms with Crippen LogP contribution < -0.4 is 10.5 Å². The van der Waals surface area contributed by atoms with Crippen LogP contribution in [0.1, 0.15) is 18.4 Å². The summed E-state index contributed by atoms with van der Waals surface area (Å²) in [7, 11) is 3.00. The molecule has 0 aliphatic rings. The number of carbonyl (C=O) groups excluding carboxylic acids is 1. The lowest BCUT2D eigenvalue weighted by Gasteiger charge is -2.10. The van der Waals surface area contributed by atoms with Crippen LogP contribution in [-0.4, -0.2) is 26.2 Å². The number of methoxy groups -OCH3 is 2. The van der Waals surface area contributed by atoms with Gasteiger partial charge >= 0.3 is 5.97 Å². The molecule has 2 N–H and O–H groups in total. The summed E-state index contributed by atoms with van der Waals surface area (Å²) in [5.41, 5.74) is 6.79. The molecule has 0 amide bonds. The van der Waals surface area contributed by atoms with Crippen molar-refractivity contribution < 1.29 is 14.3 Å². The molecule has 0 aromatic heterocycles. The maximum Gasteiger partial charge on any atom is 0.322 e. The topological polar surface area (TPSA) is 61.5 Å². The van der Waals surface area contributed by atoms with E-state index in [2.05, 4.69) is 4.74 Å². The standard InChI is InChI=1S/C13H19NO3/c1-16-12-9-4-3-6-10(12)7-5-8-11(14)13(15)17-2/h3-4,6,9,11H,5,7-8,14H2,1-2H3. The van der Waals surface area contributed by atoms with Crippen LogP contribution in [0.2, 0.25) is 0 Å². The third-order valence-corrected chi connectivity index (χ3v) is 2.66. The lowest BCUT2D eigenvalue weighted by atomic mass is 10.0. The van der Waals surface area contributed by atoms with Gasteiger partial charge in [-0.15, -0.1) is 0 Å². The van der Waals surface area contributed by atoms with Crippen LogP contribution in [0.5, 0.6) is 5.75 Å². The van der Waals surface area contributed by atoms with E-state index in [1.807, 2.05) is 24.3 Å². The first-order valence-electron chi connectivity index (χ1n) is 5.64. The van der Waals surface area contributed by atoms with Crippen molar-refractivity contribution in [2.75, 3.05) is 14.2 Å². The second-order valence-electron chi connectivity index (χ2n) is 3.83. The molecule has 0 heterocycles. The smallest absolute Gasteiger partial charge is 0.322 e. The SMILES string of the molecule is COC(=O)C(N)CCCc1ccccc1OC. The lowest BCUT2D eigenvalue weighted by Crippen LogP contribution is -2.31. The maximum atomic E-state index is 11.1. The Kier molecular flexibility index (Phi) is 5.49. The maximum absolute atomic E-state index is 11.1. The minimum Gasteiger partial charge on any atom is -0.496 e. The van der Waals surface area contributed by atoms with E-state index in [1.165, 1.54) is 7.11 Å². The molecule has 0 bridgehead atoms. The van der Waals surface area contributed by atoms with Gasteiger partial charge in [0, 0.05) is 0 Å². The molecule has 1 rings (SSSR count). The van der Waals surface area contributed by atoms with E-state index in [9.17, 15) is 4.79 Å². The van der Waals surface area contributed by atoms with Gasteiger partial charge < -0.3 is 15.2 Å². The average molecular weight is 237 g/mol. The molecule has 17 heavy (non-hydrogen) atoms. The molecule has 4 nitrogen and oxygen atoms in total. The van der Waals surface area contributed by atoms with Crippen molar-refractivity contribution in [3.8, 4) is 5.75 Å². The molecule has 0 saturated heterocycles. The molecule has 0 radical (unpaired) electrons. The number of nitrogens with two attached hydrogens (primary N) is 1. The fraction of sp³-hybridized carbons (Fsp3) is 0.462. The van der Waals surface area contributed by atoms with Gasteiger partial charge in [0.2, 0.25) is 0 Å². The minimum absolute atomic E-state index is 0.356. The van der Waals surface area contributed by atoms with E-state index in [4.69, 9.17) is 10.5 Å². The van der Waals surface area contributed by atoms with Crippen molar-refractivity contribution in [3.63, 3.8) is 0 Å². The van der Waals surface area contributed by atoms with Gasteiger partial charge in [0.15, 0.2) is 0 Å². The summed E-state index contributed by atoms with van der Waals surface area (Å²) >= 11 is 0. The predicted octanol–water partition coefficient (Wildman–Crippen LogP) is 1.52. The first-order valence-corrected chi connectivity index (χ1v) is 5.64. The highest BCUT2D eigenvalue weighted by atomic mass is 16.5. The van der Waals surface area contributed by atoms with Gasteiger partial charge in [-0.1, -0.05) is 18.2 Å². The molecule has 94 valence electrons. The normalized spacial score (nSPS) is 11.9. The second kappa shape index (κ2) is 6.91. The number of benzene rings is 1. The highest BCUT2D eigenvalue weighted by Crippen LogP contribution is 2.19. The van der Waals surface area contributed by atoms with Crippen LogP contribution in [0.25, 0.3) is 0 Å². The molecule has 0 fully saturated rings. The summed E-state index contributed by atoms with van der Waals surface area (Å²) in [5, 5.41) is 0. The molecule has 4 heteroatoms. The number of para-hydroxylation sites is 1. The van der Waals surface area contributed by atoms with Crippen molar-refractivity contribution in [3.05, 3.63) is 29.8 Å². The average Bonchev–Trinajstić information content (AvgIpc) is 2.38. The number of rotatable bonds is 6. The minimum atomic E-state index is -0.533. The summed E-state index contributed by atoms with van der Waals surface area (Å²) < 4.78 is 9.82. The molecule has 1 atom stereocenters. The summed E-state index contributed by atoms with van der Waals surface area (Å²) in [6, 6.07) is 7.31. The number of hydrogen-bond acceptors (Lipinski definition) is 4. The van der Waals surface area contributed by atoms with Gasteiger partial charge in [-0.3, -0.25) is 4.79 Å². The van der Waals surface area contributed by atoms with Crippen LogP contribution in [0, 0.1) is 0 Å². The van der Waals surface area contributed by atoms with Crippen molar-refractivity contribution in [1.82, 2.24) is 0 Å². The summed E-state index contributed by atoms with van der Waals surface area (Å²) in [4.78, 5) is 11.1. The summed E-state index contributed by atoms with van der Waals surface area (Å²) in [5.74, 6) is 0.518. The Morgan fingerprint density at radius 2 is 2.06 bits per heavy atom. The highest BCUT2D eigenvalue weighted by Gasteiger charge is 2.13. The number of aryl methyl sites for hydroxylation is 1. The number of ether oxygens (including phenoxy) is 2. The Morgan fingerprint density at radius 3 is 2.71 bits per heavy atom. The van der Waals surface area contributed by atoms with Crippen molar-refractivity contribution in [1.29, 1.82) is 0 Å². The van der Waals surface area contributed by atoms with Crippen LogP contribution >= 0.6 is 0 Å². The predicted molar refractivity (Wildman–Crippen MR) is 65.9 cm³/mol. The monoisotopic (exact) mass is 237 g/mol. The zero-order valence-electron chi connectivity index (χ0n) is 10.3. The van der Waals surface area contributed by atoms with E-state index >= 15 is 0 Å². The van der Waals surface area contributed by atoms with Gasteiger partial charge in [-0.05, 0) is 30.9 Å². The lowest BCUT2D eigenvalue weighted by molar-refractivity contribution is -0.142. The van der Waals surface area contributed by atoms with E-state index < -0.39 is 6.04 Å². The van der Waals surface area contributed by atoms with E-state index in [1.54, 1.807) is 7.11 Å². The Bertz CT molecular complexity index is 365. The third kappa shape index (κ3) is 4.07. The van der Waals surface area contributed by atoms with Gasteiger partial charge in [-0.25, -0.2) is 0 Å². The van der Waals surface area contributed by atoms with Crippen molar-refractivity contribution in [2.24, 2.45) is 5.73 Å². The Morgan fingerprint density at radius 1 is 1.35 bits per heavy atom. The fourth-order valence-corrected chi connectivity index (χ4v) is 1.69. The first-order chi connectivity index (χ1) is 8.19. The van der Waals surface area contributed by atoms with Crippen LogP contribution in [0.4, 0.5) is 0 Å². The zero-order valence-corrected chi connectivity index (χ0v) is 10.3. The molecule has 1 aromatic carbocycles. The third-order valence-electron chi connectivity index (χ3n) is 2.66. The van der Waals surface area contributed by atoms with Gasteiger partial charge in [0.1, 0.15) is 11.8 Å². The van der Waals surface area contributed by atoms with Crippen LogP contribution in [-0.2, 0) is 16.0 Å². The molecule has 1 aromatic rings. The molecule has 0 aliphatic heterocycles. The Balaban J connectivity index is 2.43. The van der Waals surface area contributed by atoms with E-state index in [0.717, 1.165) is 24.2 Å². The first kappa shape index (κ1) is 13.5. The quantitative estimate of drug-likeness (QED) is 0.762. The zero-order chi connectivity index (χ0) is 12.7. The molecule has 0 aliphatic carbocycles. The number of hydrogen-bond donors (Lipinski definition) is 1. The second-order valence-corrected chi connectivity index (χ2v) is 3.83. The number of esters is 1. The number of carbonyl (C=O) groups is 1. The van der Waals surface area contributed by atoms with Crippen molar-refractivity contribution in [2.45, 2.75) is 25.3 Å². The van der Waals surface area contributed by atoms with Gasteiger partial charge in [0.05, 0.1) is 14.2 Å². The molecule has 0 saturated carbocycles. The van der Waals surface area contributed by atoms with Crippen LogP contribution in [0.15, 0.2) is 24.3 Å². The molecular weight excluding hydrogens is 218 g/mol. The summed E-state index contributed by atoms with van der Waals surface area (Å²) in [6.45, 7) is 0. The molecule has 1 unspecified atom stereocenters. The fourth-order valence-electron chi connectivity index (χ4n) is 1.69. The van der Waals surface area contributed by atoms with E-state index in [-0.39, 0.29) is 5.97 Å². The van der Waals surface area contributed by atoms with Gasteiger partial charge in [-0.2, -0.15) is 0 Å². The van der Waals surface area contributed by atoms with E-state index in [0.29, 0.717) is 6.42 Å². The largest absolute Gasteiger partial charge is 0.496 e. The summed E-state index contributed by atoms with van der Waals surface area (Å²) in [6.07, 6.45) is 2.29. The van der Waals surface area contributed by atoms with Crippen molar-refractivity contribution >= 4 is 5.97 Å². The molecular formula is C13H19NO3.